The van der Waals surface area contributed by atoms with Crippen LogP contribution < -0.4 is 0 Å². The van der Waals surface area contributed by atoms with E-state index in [-0.39, 0.29) is 11.6 Å². The Morgan fingerprint density at radius 3 is 2.71 bits per heavy atom. The zero-order valence-electron chi connectivity index (χ0n) is 8.65. The lowest BCUT2D eigenvalue weighted by molar-refractivity contribution is 0.0690. The van der Waals surface area contributed by atoms with E-state index in [1.54, 1.807) is 0 Å². The summed E-state index contributed by atoms with van der Waals surface area (Å²) in [6.07, 6.45) is 2.21. The van der Waals surface area contributed by atoms with Crippen LogP contribution in [0, 0.1) is 5.92 Å². The lowest BCUT2D eigenvalue weighted by atomic mass is 9.94. The maximum Gasteiger partial charge on any atom is 0.357 e. The summed E-state index contributed by atoms with van der Waals surface area (Å²) >= 11 is 0. The molecule has 1 aromatic heterocycles. The molecule has 1 rings (SSSR count). The molecular formula is C10H15NO3. The largest absolute Gasteiger partial charge is 0.476 e. The minimum Gasteiger partial charge on any atom is -0.476 e. The molecule has 1 unspecified atom stereocenters. The quantitative estimate of drug-likeness (QED) is 0.805. The monoisotopic (exact) mass is 197 g/mol. The van der Waals surface area contributed by atoms with Crippen LogP contribution in [0.15, 0.2) is 10.7 Å². The standard InChI is InChI=1S/C10H15NO3/c1-4-6(2)7(3)9-11-8(5-14-9)10(12)13/h5-7H,4H2,1-3H3,(H,12,13)/t6-,7?/m1/s1. The lowest BCUT2D eigenvalue weighted by Gasteiger charge is -2.13. The summed E-state index contributed by atoms with van der Waals surface area (Å²) < 4.78 is 5.12. The van der Waals surface area contributed by atoms with Gasteiger partial charge in [-0.05, 0) is 5.92 Å². The first kappa shape index (κ1) is 10.8. The van der Waals surface area contributed by atoms with Crippen molar-refractivity contribution < 1.29 is 14.3 Å². The number of hydrogen-bond donors (Lipinski definition) is 1. The van der Waals surface area contributed by atoms with Crippen LogP contribution in [0.3, 0.4) is 0 Å². The van der Waals surface area contributed by atoms with Gasteiger partial charge in [-0.3, -0.25) is 0 Å². The Balaban J connectivity index is 2.81. The molecule has 0 fully saturated rings. The summed E-state index contributed by atoms with van der Waals surface area (Å²) in [4.78, 5) is 14.5. The number of rotatable bonds is 4. The molecule has 0 aliphatic carbocycles. The Kier molecular flexibility index (Phi) is 3.28. The number of carbonyl (C=O) groups is 1. The Labute approximate surface area is 83.0 Å². The fourth-order valence-electron chi connectivity index (χ4n) is 1.19. The van der Waals surface area contributed by atoms with E-state index < -0.39 is 5.97 Å². The predicted molar refractivity (Wildman–Crippen MR) is 51.3 cm³/mol. The summed E-state index contributed by atoms with van der Waals surface area (Å²) in [7, 11) is 0. The minimum atomic E-state index is -1.05. The summed E-state index contributed by atoms with van der Waals surface area (Å²) in [5.41, 5.74) is -0.0184. The Hall–Kier alpha value is -1.32. The second-order valence-electron chi connectivity index (χ2n) is 3.55. The van der Waals surface area contributed by atoms with Crippen molar-refractivity contribution in [1.82, 2.24) is 4.98 Å². The number of carboxylic acids is 1. The van der Waals surface area contributed by atoms with Gasteiger partial charge >= 0.3 is 5.97 Å². The third-order valence-corrected chi connectivity index (χ3v) is 2.63. The first-order valence-corrected chi connectivity index (χ1v) is 4.75. The first-order chi connectivity index (χ1) is 6.56. The van der Waals surface area contributed by atoms with Crippen molar-refractivity contribution >= 4 is 5.97 Å². The third-order valence-electron chi connectivity index (χ3n) is 2.63. The average Bonchev–Trinajstić information content (AvgIpc) is 2.64. The molecule has 0 radical (unpaired) electrons. The molecule has 2 atom stereocenters. The van der Waals surface area contributed by atoms with Crippen LogP contribution in [-0.2, 0) is 0 Å². The molecule has 0 amide bonds. The smallest absolute Gasteiger partial charge is 0.357 e. The molecule has 1 heterocycles. The molecule has 1 N–H and O–H groups in total. The second-order valence-corrected chi connectivity index (χ2v) is 3.55. The van der Waals surface area contributed by atoms with Crippen molar-refractivity contribution in [2.45, 2.75) is 33.1 Å². The van der Waals surface area contributed by atoms with E-state index in [4.69, 9.17) is 9.52 Å². The van der Waals surface area contributed by atoms with Gasteiger partial charge in [-0.15, -0.1) is 0 Å². The molecule has 0 saturated heterocycles. The van der Waals surface area contributed by atoms with Gasteiger partial charge in [0.25, 0.3) is 0 Å². The fourth-order valence-corrected chi connectivity index (χ4v) is 1.19. The number of aromatic carboxylic acids is 1. The number of oxazole rings is 1. The maximum atomic E-state index is 10.6. The van der Waals surface area contributed by atoms with Gasteiger partial charge in [0.15, 0.2) is 11.6 Å². The number of aromatic nitrogens is 1. The van der Waals surface area contributed by atoms with Crippen LogP contribution in [0.25, 0.3) is 0 Å². The topological polar surface area (TPSA) is 63.3 Å². The van der Waals surface area contributed by atoms with Gasteiger partial charge in [-0.25, -0.2) is 9.78 Å². The van der Waals surface area contributed by atoms with Crippen LogP contribution in [0.1, 0.15) is 49.5 Å². The van der Waals surface area contributed by atoms with E-state index in [1.807, 2.05) is 6.92 Å². The van der Waals surface area contributed by atoms with E-state index in [0.717, 1.165) is 6.42 Å². The molecule has 0 bridgehead atoms. The molecule has 1 aromatic rings. The molecule has 0 saturated carbocycles. The molecule has 0 spiro atoms. The summed E-state index contributed by atoms with van der Waals surface area (Å²) in [5, 5.41) is 8.65. The highest BCUT2D eigenvalue weighted by atomic mass is 16.4. The SMILES string of the molecule is CC[C@@H](C)C(C)c1nc(C(=O)O)co1. The minimum absolute atomic E-state index is 0.0184. The van der Waals surface area contributed by atoms with Crippen LogP contribution in [0.5, 0.6) is 0 Å². The number of nitrogens with zero attached hydrogens (tertiary/aromatic N) is 1. The van der Waals surface area contributed by atoms with Crippen molar-refractivity contribution in [2.24, 2.45) is 5.92 Å². The molecular weight excluding hydrogens is 182 g/mol. The fraction of sp³-hybridized carbons (Fsp3) is 0.600. The lowest BCUT2D eigenvalue weighted by Crippen LogP contribution is -2.06. The number of carboxylic acid groups (broad SMARTS) is 1. The van der Waals surface area contributed by atoms with Crippen molar-refractivity contribution in [1.29, 1.82) is 0 Å². The van der Waals surface area contributed by atoms with Crippen LogP contribution in [0.2, 0.25) is 0 Å². The molecule has 0 aromatic carbocycles. The van der Waals surface area contributed by atoms with Crippen molar-refractivity contribution in [2.75, 3.05) is 0 Å². The van der Waals surface area contributed by atoms with Crippen molar-refractivity contribution in [3.05, 3.63) is 17.8 Å². The highest BCUT2D eigenvalue weighted by Gasteiger charge is 2.19. The highest BCUT2D eigenvalue weighted by molar-refractivity contribution is 5.84. The second kappa shape index (κ2) is 4.26. The van der Waals surface area contributed by atoms with Crippen molar-refractivity contribution in [3.8, 4) is 0 Å². The van der Waals surface area contributed by atoms with Crippen LogP contribution in [-0.4, -0.2) is 16.1 Å². The van der Waals surface area contributed by atoms with Gasteiger partial charge < -0.3 is 9.52 Å². The average molecular weight is 197 g/mol. The van der Waals surface area contributed by atoms with E-state index in [2.05, 4.69) is 18.8 Å². The zero-order chi connectivity index (χ0) is 10.7. The van der Waals surface area contributed by atoms with Gasteiger partial charge in [0, 0.05) is 5.92 Å². The van der Waals surface area contributed by atoms with Crippen LogP contribution in [0.4, 0.5) is 0 Å². The Morgan fingerprint density at radius 2 is 2.29 bits per heavy atom. The van der Waals surface area contributed by atoms with Gasteiger partial charge in [-0.2, -0.15) is 0 Å². The summed E-state index contributed by atoms with van der Waals surface area (Å²) in [6.45, 7) is 6.17. The Morgan fingerprint density at radius 1 is 1.64 bits per heavy atom. The van der Waals surface area contributed by atoms with Gasteiger partial charge in [0.1, 0.15) is 6.26 Å². The number of hydrogen-bond acceptors (Lipinski definition) is 3. The molecule has 0 aliphatic rings. The summed E-state index contributed by atoms with van der Waals surface area (Å²) in [6, 6.07) is 0. The molecule has 14 heavy (non-hydrogen) atoms. The normalized spacial score (nSPS) is 15.1. The summed E-state index contributed by atoms with van der Waals surface area (Å²) in [5.74, 6) is 0.0662. The zero-order valence-corrected chi connectivity index (χ0v) is 8.65. The van der Waals surface area contributed by atoms with E-state index >= 15 is 0 Å². The van der Waals surface area contributed by atoms with Gasteiger partial charge in [0.05, 0.1) is 0 Å². The highest BCUT2D eigenvalue weighted by Crippen LogP contribution is 2.25. The molecule has 0 aliphatic heterocycles. The van der Waals surface area contributed by atoms with Crippen molar-refractivity contribution in [3.63, 3.8) is 0 Å². The van der Waals surface area contributed by atoms with E-state index in [1.165, 1.54) is 6.26 Å². The first-order valence-electron chi connectivity index (χ1n) is 4.75. The van der Waals surface area contributed by atoms with Crippen LogP contribution >= 0.6 is 0 Å². The maximum absolute atomic E-state index is 10.6. The Bertz CT molecular complexity index is 319. The molecule has 4 nitrogen and oxygen atoms in total. The van der Waals surface area contributed by atoms with E-state index in [0.29, 0.717) is 11.8 Å². The van der Waals surface area contributed by atoms with Gasteiger partial charge in [0.2, 0.25) is 0 Å². The van der Waals surface area contributed by atoms with Gasteiger partial charge in [-0.1, -0.05) is 27.2 Å². The predicted octanol–water partition coefficient (Wildman–Crippen LogP) is 2.52. The molecule has 4 heteroatoms. The van der Waals surface area contributed by atoms with E-state index in [9.17, 15) is 4.79 Å². The molecule has 78 valence electrons. The third kappa shape index (κ3) is 2.13.